The van der Waals surface area contributed by atoms with Crippen molar-refractivity contribution in [1.29, 1.82) is 0 Å². The van der Waals surface area contributed by atoms with Crippen LogP contribution in [0.15, 0.2) is 24.3 Å². The van der Waals surface area contributed by atoms with Crippen molar-refractivity contribution < 1.29 is 4.79 Å². The summed E-state index contributed by atoms with van der Waals surface area (Å²) >= 11 is 0. The SMILES string of the molecule is CCCNC1CCN(C(=O)NC(C)C)c2ccccc21. The second-order valence-corrected chi connectivity index (χ2v) is 5.61. The van der Waals surface area contributed by atoms with E-state index in [4.69, 9.17) is 0 Å². The van der Waals surface area contributed by atoms with Gasteiger partial charge in [-0.25, -0.2) is 4.79 Å². The Hall–Kier alpha value is -1.55. The number of carbonyl (C=O) groups excluding carboxylic acids is 1. The molecule has 1 aromatic rings. The second-order valence-electron chi connectivity index (χ2n) is 5.61. The van der Waals surface area contributed by atoms with Crippen LogP contribution in [0.4, 0.5) is 10.5 Å². The van der Waals surface area contributed by atoms with Gasteiger partial charge in [0.15, 0.2) is 0 Å². The minimum Gasteiger partial charge on any atom is -0.336 e. The first-order valence-corrected chi connectivity index (χ1v) is 7.53. The molecule has 2 amide bonds. The van der Waals surface area contributed by atoms with Gasteiger partial charge < -0.3 is 10.6 Å². The molecule has 0 fully saturated rings. The van der Waals surface area contributed by atoms with Gasteiger partial charge in [0.25, 0.3) is 0 Å². The highest BCUT2D eigenvalue weighted by Gasteiger charge is 2.28. The van der Waals surface area contributed by atoms with Gasteiger partial charge in [-0.05, 0) is 44.9 Å². The Labute approximate surface area is 121 Å². The zero-order valence-corrected chi connectivity index (χ0v) is 12.6. The zero-order chi connectivity index (χ0) is 14.5. The quantitative estimate of drug-likeness (QED) is 0.887. The first-order chi connectivity index (χ1) is 9.63. The number of para-hydroxylation sites is 1. The predicted octanol–water partition coefficient (Wildman–Crippen LogP) is 3.06. The van der Waals surface area contributed by atoms with Crippen molar-refractivity contribution in [2.45, 2.75) is 45.7 Å². The first-order valence-electron chi connectivity index (χ1n) is 7.53. The molecule has 1 atom stereocenters. The number of carbonyl (C=O) groups is 1. The maximum absolute atomic E-state index is 12.3. The molecule has 0 radical (unpaired) electrons. The van der Waals surface area contributed by atoms with E-state index in [0.717, 1.165) is 31.6 Å². The van der Waals surface area contributed by atoms with Crippen LogP contribution in [-0.4, -0.2) is 25.2 Å². The van der Waals surface area contributed by atoms with Crippen molar-refractivity contribution >= 4 is 11.7 Å². The summed E-state index contributed by atoms with van der Waals surface area (Å²) in [6.07, 6.45) is 2.08. The van der Waals surface area contributed by atoms with Crippen molar-refractivity contribution in [3.63, 3.8) is 0 Å². The lowest BCUT2D eigenvalue weighted by Gasteiger charge is -2.35. The monoisotopic (exact) mass is 275 g/mol. The fourth-order valence-corrected chi connectivity index (χ4v) is 2.63. The number of nitrogens with one attached hydrogen (secondary N) is 2. The standard InChI is InChI=1S/C16H25N3O/c1-4-10-17-14-9-11-19(16(20)18-12(2)3)15-8-6-5-7-13(14)15/h5-8,12,14,17H,4,9-11H2,1-3H3,(H,18,20). The van der Waals surface area contributed by atoms with Crippen LogP contribution in [0.5, 0.6) is 0 Å². The van der Waals surface area contributed by atoms with E-state index in [1.807, 2.05) is 36.9 Å². The summed E-state index contributed by atoms with van der Waals surface area (Å²) in [5.74, 6) is 0. The highest BCUT2D eigenvalue weighted by molar-refractivity contribution is 5.93. The molecule has 0 saturated carbocycles. The second kappa shape index (κ2) is 6.75. The molecule has 2 N–H and O–H groups in total. The van der Waals surface area contributed by atoms with Crippen molar-refractivity contribution in [3.05, 3.63) is 29.8 Å². The van der Waals surface area contributed by atoms with Crippen LogP contribution in [0.2, 0.25) is 0 Å². The summed E-state index contributed by atoms with van der Waals surface area (Å²) in [5, 5.41) is 6.55. The first kappa shape index (κ1) is 14.9. The van der Waals surface area contributed by atoms with Gasteiger partial charge in [-0.15, -0.1) is 0 Å². The number of nitrogens with zero attached hydrogens (tertiary/aromatic N) is 1. The summed E-state index contributed by atoms with van der Waals surface area (Å²) in [5.41, 5.74) is 2.26. The molecule has 0 bridgehead atoms. The molecule has 1 aliphatic rings. The van der Waals surface area contributed by atoms with Crippen molar-refractivity contribution in [2.24, 2.45) is 0 Å². The highest BCUT2D eigenvalue weighted by Crippen LogP contribution is 2.33. The van der Waals surface area contributed by atoms with E-state index >= 15 is 0 Å². The molecule has 0 spiro atoms. The Balaban J connectivity index is 2.20. The van der Waals surface area contributed by atoms with Gasteiger partial charge in [0, 0.05) is 18.6 Å². The van der Waals surface area contributed by atoms with E-state index in [1.165, 1.54) is 5.56 Å². The third-order valence-electron chi connectivity index (χ3n) is 3.54. The number of hydrogen-bond acceptors (Lipinski definition) is 2. The lowest BCUT2D eigenvalue weighted by atomic mass is 9.96. The number of anilines is 1. The largest absolute Gasteiger partial charge is 0.336 e. The maximum Gasteiger partial charge on any atom is 0.322 e. The van der Waals surface area contributed by atoms with Gasteiger partial charge in [0.05, 0.1) is 5.69 Å². The molecule has 0 saturated heterocycles. The minimum atomic E-state index is 0.00129. The molecule has 4 heteroatoms. The molecule has 1 heterocycles. The van der Waals surface area contributed by atoms with Gasteiger partial charge in [-0.2, -0.15) is 0 Å². The van der Waals surface area contributed by atoms with Crippen molar-refractivity contribution in [2.75, 3.05) is 18.0 Å². The van der Waals surface area contributed by atoms with Crippen LogP contribution in [0.25, 0.3) is 0 Å². The van der Waals surface area contributed by atoms with E-state index in [9.17, 15) is 4.79 Å². The maximum atomic E-state index is 12.3. The van der Waals surface area contributed by atoms with Gasteiger partial charge in [0.2, 0.25) is 0 Å². The summed E-state index contributed by atoms with van der Waals surface area (Å²) in [7, 11) is 0. The Bertz CT molecular complexity index is 459. The molecule has 1 aromatic carbocycles. The van der Waals surface area contributed by atoms with Crippen LogP contribution in [0, 0.1) is 0 Å². The van der Waals surface area contributed by atoms with Crippen LogP contribution in [0.1, 0.15) is 45.2 Å². The fourth-order valence-electron chi connectivity index (χ4n) is 2.63. The van der Waals surface area contributed by atoms with Crippen molar-refractivity contribution in [3.8, 4) is 0 Å². The number of amides is 2. The number of urea groups is 1. The Morgan fingerprint density at radius 2 is 2.15 bits per heavy atom. The molecule has 1 unspecified atom stereocenters. The smallest absolute Gasteiger partial charge is 0.322 e. The van der Waals surface area contributed by atoms with Crippen LogP contribution >= 0.6 is 0 Å². The van der Waals surface area contributed by atoms with Gasteiger partial charge in [-0.1, -0.05) is 25.1 Å². The summed E-state index contributed by atoms with van der Waals surface area (Å²) in [6.45, 7) is 7.91. The molecule has 2 rings (SSSR count). The Morgan fingerprint density at radius 1 is 1.40 bits per heavy atom. The molecule has 20 heavy (non-hydrogen) atoms. The minimum absolute atomic E-state index is 0.00129. The molecular weight excluding hydrogens is 250 g/mol. The van der Waals surface area contributed by atoms with E-state index < -0.39 is 0 Å². The Kier molecular flexibility index (Phi) is 5.01. The average molecular weight is 275 g/mol. The van der Waals surface area contributed by atoms with Crippen LogP contribution in [-0.2, 0) is 0 Å². The molecule has 0 aromatic heterocycles. The third-order valence-corrected chi connectivity index (χ3v) is 3.54. The number of rotatable bonds is 4. The molecule has 110 valence electrons. The third kappa shape index (κ3) is 3.31. The summed E-state index contributed by atoms with van der Waals surface area (Å²) in [6, 6.07) is 8.72. The van der Waals surface area contributed by atoms with E-state index in [2.05, 4.69) is 23.6 Å². The zero-order valence-electron chi connectivity index (χ0n) is 12.6. The lowest BCUT2D eigenvalue weighted by Crippen LogP contribution is -2.47. The highest BCUT2D eigenvalue weighted by atomic mass is 16.2. The normalized spacial score (nSPS) is 18.0. The number of hydrogen-bond donors (Lipinski definition) is 2. The number of benzene rings is 1. The Morgan fingerprint density at radius 3 is 2.85 bits per heavy atom. The van der Waals surface area contributed by atoms with Crippen LogP contribution < -0.4 is 15.5 Å². The van der Waals surface area contributed by atoms with Crippen molar-refractivity contribution in [1.82, 2.24) is 10.6 Å². The summed E-state index contributed by atoms with van der Waals surface area (Å²) in [4.78, 5) is 14.1. The molecule has 0 aliphatic carbocycles. The van der Waals surface area contributed by atoms with Gasteiger partial charge in [0.1, 0.15) is 0 Å². The van der Waals surface area contributed by atoms with E-state index in [1.54, 1.807) is 0 Å². The van der Waals surface area contributed by atoms with E-state index in [0.29, 0.717) is 6.04 Å². The van der Waals surface area contributed by atoms with E-state index in [-0.39, 0.29) is 12.1 Å². The topological polar surface area (TPSA) is 44.4 Å². The molecular formula is C16H25N3O. The number of fused-ring (bicyclic) bond motifs is 1. The fraction of sp³-hybridized carbons (Fsp3) is 0.562. The lowest BCUT2D eigenvalue weighted by molar-refractivity contribution is 0.243. The summed E-state index contributed by atoms with van der Waals surface area (Å²) < 4.78 is 0. The van der Waals surface area contributed by atoms with Crippen LogP contribution in [0.3, 0.4) is 0 Å². The predicted molar refractivity (Wildman–Crippen MR) is 83.1 cm³/mol. The average Bonchev–Trinajstić information content (AvgIpc) is 2.43. The molecule has 4 nitrogen and oxygen atoms in total. The molecule has 1 aliphatic heterocycles. The van der Waals surface area contributed by atoms with Gasteiger partial charge in [-0.3, -0.25) is 4.90 Å². The van der Waals surface area contributed by atoms with Gasteiger partial charge >= 0.3 is 6.03 Å².